The first-order valence-electron chi connectivity index (χ1n) is 3.70. The van der Waals surface area contributed by atoms with Crippen LogP contribution in [0, 0.1) is 11.3 Å². The van der Waals surface area contributed by atoms with Crippen molar-refractivity contribution in [2.75, 3.05) is 11.5 Å². The summed E-state index contributed by atoms with van der Waals surface area (Å²) in [4.78, 5) is 0. The molecular formula is C7H18N2OS. The highest BCUT2D eigenvalue weighted by Gasteiger charge is 2.02. The van der Waals surface area contributed by atoms with Gasteiger partial charge < -0.3 is 5.73 Å². The van der Waals surface area contributed by atoms with Gasteiger partial charge in [-0.3, -0.25) is 4.21 Å². The molecule has 2 unspecified atom stereocenters. The fourth-order valence-corrected chi connectivity index (χ4v) is 1.07. The van der Waals surface area contributed by atoms with E-state index in [0.717, 1.165) is 0 Å². The molecule has 0 fully saturated rings. The van der Waals surface area contributed by atoms with Crippen LogP contribution in [0.5, 0.6) is 0 Å². The van der Waals surface area contributed by atoms with Crippen LogP contribution in [-0.2, 0) is 10.8 Å². The van der Waals surface area contributed by atoms with Gasteiger partial charge in [-0.1, -0.05) is 20.8 Å². The summed E-state index contributed by atoms with van der Waals surface area (Å²) < 4.78 is 10.7. The Morgan fingerprint density at radius 1 is 1.73 bits per heavy atom. The normalized spacial score (nSPS) is 13.7. The predicted octanol–water partition coefficient (Wildman–Crippen LogP) is 0.878. The standard InChI is InChI=1S/C5H10N2OS.C2H6.H2/c1-2-9(8)4-5(7)3-6;1-2;/h5H,2,4,7H2,1H3;1-2H3;1H. The molecule has 0 aliphatic heterocycles. The molecule has 11 heavy (non-hydrogen) atoms. The lowest BCUT2D eigenvalue weighted by Crippen LogP contribution is -2.25. The molecule has 0 aromatic rings. The fraction of sp³-hybridized carbons (Fsp3) is 0.857. The van der Waals surface area contributed by atoms with Gasteiger partial charge in [0.25, 0.3) is 0 Å². The molecule has 0 aliphatic rings. The van der Waals surface area contributed by atoms with Crippen molar-refractivity contribution in [3.8, 4) is 6.07 Å². The zero-order chi connectivity index (χ0) is 9.28. The summed E-state index contributed by atoms with van der Waals surface area (Å²) in [5, 5.41) is 8.17. The van der Waals surface area contributed by atoms with E-state index in [2.05, 4.69) is 0 Å². The van der Waals surface area contributed by atoms with Crippen molar-refractivity contribution in [1.82, 2.24) is 0 Å². The van der Waals surface area contributed by atoms with Gasteiger partial charge in [-0.15, -0.1) is 0 Å². The molecule has 0 radical (unpaired) electrons. The Bertz CT molecular complexity index is 147. The first kappa shape index (κ1) is 13.2. The molecule has 0 saturated carbocycles. The summed E-state index contributed by atoms with van der Waals surface area (Å²) in [5.74, 6) is 0.877. The van der Waals surface area contributed by atoms with Crippen molar-refractivity contribution in [2.45, 2.75) is 26.8 Å². The Balaban J connectivity index is -0.000000249. The van der Waals surface area contributed by atoms with Crippen molar-refractivity contribution < 1.29 is 5.64 Å². The number of nitriles is 1. The lowest BCUT2D eigenvalue weighted by Gasteiger charge is -1.98. The maximum atomic E-state index is 10.7. The van der Waals surface area contributed by atoms with Gasteiger partial charge in [0.15, 0.2) is 0 Å². The van der Waals surface area contributed by atoms with E-state index in [9.17, 15) is 4.21 Å². The lowest BCUT2D eigenvalue weighted by atomic mass is 10.4. The summed E-state index contributed by atoms with van der Waals surface area (Å²) >= 11 is 0. The molecule has 0 rings (SSSR count). The monoisotopic (exact) mass is 178 g/mol. The zero-order valence-electron chi connectivity index (χ0n) is 7.33. The minimum atomic E-state index is -0.904. The number of hydrogen-bond acceptors (Lipinski definition) is 3. The highest BCUT2D eigenvalue weighted by molar-refractivity contribution is 7.85. The summed E-state index contributed by atoms with van der Waals surface area (Å²) in [7, 11) is -0.904. The highest BCUT2D eigenvalue weighted by atomic mass is 32.2. The van der Waals surface area contributed by atoms with Gasteiger partial charge in [0.1, 0.15) is 6.04 Å². The van der Waals surface area contributed by atoms with Crippen LogP contribution in [0.1, 0.15) is 22.2 Å². The van der Waals surface area contributed by atoms with Crippen LogP contribution in [0.15, 0.2) is 0 Å². The molecular weight excluding hydrogens is 160 g/mol. The fourth-order valence-electron chi connectivity index (χ4n) is 0.355. The average molecular weight is 178 g/mol. The van der Waals surface area contributed by atoms with Gasteiger partial charge in [0.05, 0.1) is 11.8 Å². The van der Waals surface area contributed by atoms with E-state index in [4.69, 9.17) is 11.0 Å². The van der Waals surface area contributed by atoms with E-state index >= 15 is 0 Å². The van der Waals surface area contributed by atoms with E-state index in [1.165, 1.54) is 0 Å². The third-order valence-electron chi connectivity index (χ3n) is 0.853. The van der Waals surface area contributed by atoms with Crippen molar-refractivity contribution in [3.63, 3.8) is 0 Å². The third kappa shape index (κ3) is 9.60. The molecule has 3 nitrogen and oxygen atoms in total. The molecule has 2 N–H and O–H groups in total. The van der Waals surface area contributed by atoms with Crippen LogP contribution in [0.4, 0.5) is 0 Å². The zero-order valence-corrected chi connectivity index (χ0v) is 8.15. The van der Waals surface area contributed by atoms with Gasteiger partial charge in [0.2, 0.25) is 0 Å². The second kappa shape index (κ2) is 9.60. The topological polar surface area (TPSA) is 66.9 Å². The van der Waals surface area contributed by atoms with Crippen molar-refractivity contribution >= 4 is 10.8 Å². The molecule has 68 valence electrons. The van der Waals surface area contributed by atoms with Gasteiger partial charge in [-0.2, -0.15) is 5.26 Å². The van der Waals surface area contributed by atoms with Gasteiger partial charge in [-0.05, 0) is 0 Å². The Labute approximate surface area is 72.5 Å². The maximum Gasteiger partial charge on any atom is 0.104 e. The summed E-state index contributed by atoms with van der Waals surface area (Å²) in [6, 6.07) is 1.25. The van der Waals surface area contributed by atoms with Crippen LogP contribution in [0.2, 0.25) is 0 Å². The van der Waals surface area contributed by atoms with Gasteiger partial charge in [-0.25, -0.2) is 0 Å². The van der Waals surface area contributed by atoms with E-state index in [1.54, 1.807) is 6.92 Å². The Morgan fingerprint density at radius 3 is 2.45 bits per heavy atom. The van der Waals surface area contributed by atoms with E-state index in [1.807, 2.05) is 19.9 Å². The number of hydrogen-bond donors (Lipinski definition) is 1. The molecule has 4 heteroatoms. The van der Waals surface area contributed by atoms with Crippen LogP contribution in [-0.4, -0.2) is 21.8 Å². The molecule has 0 spiro atoms. The Hall–Kier alpha value is -0.400. The van der Waals surface area contributed by atoms with E-state index in [-0.39, 0.29) is 1.43 Å². The minimum absolute atomic E-state index is 0. The molecule has 0 aromatic heterocycles. The number of nitrogens with zero attached hydrogens (tertiary/aromatic N) is 1. The average Bonchev–Trinajstić information content (AvgIpc) is 2.07. The maximum absolute atomic E-state index is 10.7. The summed E-state index contributed by atoms with van der Waals surface area (Å²) in [6.07, 6.45) is 0. The number of rotatable bonds is 3. The first-order valence-corrected chi connectivity index (χ1v) is 5.19. The van der Waals surface area contributed by atoms with E-state index in [0.29, 0.717) is 11.5 Å². The molecule has 2 atom stereocenters. The largest absolute Gasteiger partial charge is 0.315 e. The van der Waals surface area contributed by atoms with Crippen LogP contribution in [0.25, 0.3) is 0 Å². The Morgan fingerprint density at radius 2 is 2.18 bits per heavy atom. The SMILES string of the molecule is CC.CCS(=O)CC(N)C#N.[HH]. The molecule has 0 aromatic carbocycles. The van der Waals surface area contributed by atoms with Crippen molar-refractivity contribution in [2.24, 2.45) is 5.73 Å². The predicted molar refractivity (Wildman–Crippen MR) is 50.6 cm³/mol. The van der Waals surface area contributed by atoms with Crippen LogP contribution >= 0.6 is 0 Å². The van der Waals surface area contributed by atoms with E-state index < -0.39 is 16.8 Å². The first-order chi connectivity index (χ1) is 5.20. The molecule has 0 saturated heterocycles. The second-order valence-corrected chi connectivity index (χ2v) is 3.42. The molecule has 0 aliphatic carbocycles. The molecule has 0 bridgehead atoms. The summed E-state index contributed by atoms with van der Waals surface area (Å²) in [6.45, 7) is 5.81. The molecule has 0 heterocycles. The lowest BCUT2D eigenvalue weighted by molar-refractivity contribution is 0.681. The van der Waals surface area contributed by atoms with Crippen LogP contribution in [0.3, 0.4) is 0 Å². The number of nitrogens with two attached hydrogens (primary N) is 1. The third-order valence-corrected chi connectivity index (χ3v) is 2.23. The Kier molecular flexibility index (Phi) is 11.5. The quantitative estimate of drug-likeness (QED) is 0.697. The second-order valence-electron chi connectivity index (χ2n) is 1.63. The minimum Gasteiger partial charge on any atom is -0.315 e. The molecule has 0 amide bonds. The van der Waals surface area contributed by atoms with Crippen molar-refractivity contribution in [3.05, 3.63) is 0 Å². The summed E-state index contributed by atoms with van der Waals surface area (Å²) in [5.41, 5.74) is 5.20. The van der Waals surface area contributed by atoms with Gasteiger partial charge in [0, 0.05) is 18.0 Å². The van der Waals surface area contributed by atoms with Crippen LogP contribution < -0.4 is 5.73 Å². The van der Waals surface area contributed by atoms with Crippen molar-refractivity contribution in [1.29, 1.82) is 5.26 Å². The smallest absolute Gasteiger partial charge is 0.104 e. The highest BCUT2D eigenvalue weighted by Crippen LogP contribution is 1.83. The van der Waals surface area contributed by atoms with Gasteiger partial charge >= 0.3 is 0 Å².